The molecule has 0 unspecified atom stereocenters. The normalized spacial score (nSPS) is 13.1. The summed E-state index contributed by atoms with van der Waals surface area (Å²) in [7, 11) is 4.96. The van der Waals surface area contributed by atoms with Gasteiger partial charge in [-0.1, -0.05) is 0 Å². The van der Waals surface area contributed by atoms with E-state index in [0.29, 0.717) is 0 Å². The van der Waals surface area contributed by atoms with Crippen molar-refractivity contribution in [3.63, 3.8) is 0 Å². The van der Waals surface area contributed by atoms with Gasteiger partial charge in [-0.3, -0.25) is 0 Å². The Hall–Kier alpha value is 0.990. The van der Waals surface area contributed by atoms with Crippen LogP contribution in [0, 0.1) is 0 Å². The second-order valence-electron chi connectivity index (χ2n) is 4.14. The molecule has 0 N–H and O–H groups in total. The van der Waals surface area contributed by atoms with Crippen LogP contribution in [0.1, 0.15) is 20.8 Å². The summed E-state index contributed by atoms with van der Waals surface area (Å²) in [5.74, 6) is 1.12. The van der Waals surface area contributed by atoms with Crippen molar-refractivity contribution in [1.29, 1.82) is 0 Å². The fourth-order valence-corrected chi connectivity index (χ4v) is 17.2. The van der Waals surface area contributed by atoms with Crippen molar-refractivity contribution in [2.75, 3.05) is 27.1 Å². The molecule has 6 heteroatoms. The number of hydrogen-bond donors (Lipinski definition) is 0. The summed E-state index contributed by atoms with van der Waals surface area (Å²) in [5, 5.41) is 4.21. The van der Waals surface area contributed by atoms with Gasteiger partial charge in [-0.25, -0.2) is 0 Å². The first-order chi connectivity index (χ1) is 8.07. The van der Waals surface area contributed by atoms with Gasteiger partial charge in [0.15, 0.2) is 0 Å². The van der Waals surface area contributed by atoms with Crippen molar-refractivity contribution in [3.8, 4) is 0 Å². The van der Waals surface area contributed by atoms with Crippen LogP contribution < -0.4 is 0 Å². The molecule has 0 aromatic rings. The Bertz CT molecular complexity index is 163. The Labute approximate surface area is 114 Å². The van der Waals surface area contributed by atoms with Gasteiger partial charge in [0.1, 0.15) is 0 Å². The maximum atomic E-state index is 5.45. The predicted molar refractivity (Wildman–Crippen MR) is 81.2 cm³/mol. The monoisotopic (exact) mass is 342 g/mol. The second kappa shape index (κ2) is 8.98. The van der Waals surface area contributed by atoms with E-state index in [9.17, 15) is 0 Å². The summed E-state index contributed by atoms with van der Waals surface area (Å²) >= 11 is -1.61. The summed E-state index contributed by atoms with van der Waals surface area (Å²) < 4.78 is 16.4. The van der Waals surface area contributed by atoms with Crippen molar-refractivity contribution >= 4 is 31.0 Å². The van der Waals surface area contributed by atoms with Crippen molar-refractivity contribution in [1.82, 2.24) is 0 Å². The average Bonchev–Trinajstić information content (AvgIpc) is 2.41. The first-order valence-corrected chi connectivity index (χ1v) is 16.3. The molecule has 0 spiro atoms. The van der Waals surface area contributed by atoms with Crippen molar-refractivity contribution in [2.45, 2.75) is 42.6 Å². The third-order valence-corrected chi connectivity index (χ3v) is 25.5. The molecule has 0 fully saturated rings. The van der Waals surface area contributed by atoms with Crippen LogP contribution in [-0.4, -0.2) is 48.0 Å². The molecule has 0 aromatic carbocycles. The summed E-state index contributed by atoms with van der Waals surface area (Å²) in [6.07, 6.45) is 0. The Morgan fingerprint density at radius 3 is 1.59 bits per heavy atom. The van der Waals surface area contributed by atoms with Gasteiger partial charge in [0.2, 0.25) is 0 Å². The predicted octanol–water partition coefficient (Wildman–Crippen LogP) is 3.60. The Morgan fingerprint density at radius 1 is 0.882 bits per heavy atom. The first kappa shape index (κ1) is 18.0. The summed E-state index contributed by atoms with van der Waals surface area (Å²) in [5.41, 5.74) is 0. The number of rotatable bonds is 10. The van der Waals surface area contributed by atoms with Gasteiger partial charge >= 0.3 is 114 Å². The fourth-order valence-electron chi connectivity index (χ4n) is 2.00. The summed E-state index contributed by atoms with van der Waals surface area (Å²) in [6.45, 7) is 7.06. The van der Waals surface area contributed by atoms with Gasteiger partial charge in [-0.05, 0) is 0 Å². The molecule has 17 heavy (non-hydrogen) atoms. The van der Waals surface area contributed by atoms with Gasteiger partial charge in [0, 0.05) is 0 Å². The Balaban J connectivity index is 4.28. The molecule has 0 aliphatic carbocycles. The average molecular weight is 341 g/mol. The third-order valence-electron chi connectivity index (χ3n) is 3.68. The van der Waals surface area contributed by atoms with E-state index >= 15 is 0 Å². The van der Waals surface area contributed by atoms with Gasteiger partial charge in [-0.15, -0.1) is 0 Å². The minimum absolute atomic E-state index is 0.925. The maximum absolute atomic E-state index is 5.45. The van der Waals surface area contributed by atoms with Gasteiger partial charge in [-0.2, -0.15) is 0 Å². The zero-order valence-electron chi connectivity index (χ0n) is 12.2. The van der Waals surface area contributed by atoms with Crippen molar-refractivity contribution in [2.24, 2.45) is 0 Å². The standard InChI is InChI=1S/C11H28GeO3SSi/c1-7-12(8-2,9-3)16-10-11-17(13-4,14-5)15-6/h7-11H2,1-6H3. The van der Waals surface area contributed by atoms with E-state index in [2.05, 4.69) is 30.9 Å². The third kappa shape index (κ3) is 5.24. The molecule has 3 nitrogen and oxygen atoms in total. The topological polar surface area (TPSA) is 27.7 Å². The van der Waals surface area contributed by atoms with Crippen LogP contribution in [0.15, 0.2) is 0 Å². The van der Waals surface area contributed by atoms with Crippen LogP contribution in [0.4, 0.5) is 0 Å². The van der Waals surface area contributed by atoms with E-state index in [1.807, 2.05) is 0 Å². The van der Waals surface area contributed by atoms with Crippen LogP contribution in [0.5, 0.6) is 0 Å². The molecule has 0 saturated carbocycles. The van der Waals surface area contributed by atoms with Gasteiger partial charge in [0.25, 0.3) is 0 Å². The van der Waals surface area contributed by atoms with E-state index in [1.165, 1.54) is 15.8 Å². The molecular weight excluding hydrogens is 313 g/mol. The quantitative estimate of drug-likeness (QED) is 0.568. The molecule has 104 valence electrons. The van der Waals surface area contributed by atoms with Crippen LogP contribution >= 0.6 is 10.1 Å². The summed E-state index contributed by atoms with van der Waals surface area (Å²) in [4.78, 5) is 0. The fraction of sp³-hybridized carbons (Fsp3) is 1.00. The molecule has 0 heterocycles. The van der Waals surface area contributed by atoms with Crippen molar-refractivity contribution in [3.05, 3.63) is 0 Å². The first-order valence-electron chi connectivity index (χ1n) is 6.37. The van der Waals surface area contributed by atoms with Crippen LogP contribution in [-0.2, 0) is 13.3 Å². The molecule has 0 aromatic heterocycles. The molecule has 0 aliphatic rings. The zero-order chi connectivity index (χ0) is 13.4. The van der Waals surface area contributed by atoms with Crippen molar-refractivity contribution < 1.29 is 13.3 Å². The molecule has 0 amide bonds. The Kier molecular flexibility index (Phi) is 9.51. The molecule has 0 atom stereocenters. The Morgan fingerprint density at radius 2 is 1.29 bits per heavy atom. The SMILES string of the molecule is C[CH2][Ge]([CH2]C)([CH2]C)[S]CC[Si](OC)(OC)OC. The van der Waals surface area contributed by atoms with Crippen LogP contribution in [0.2, 0.25) is 21.8 Å². The van der Waals surface area contributed by atoms with E-state index in [1.54, 1.807) is 21.3 Å². The van der Waals surface area contributed by atoms with Crippen LogP contribution in [0.3, 0.4) is 0 Å². The minimum atomic E-state index is -2.35. The van der Waals surface area contributed by atoms with Gasteiger partial charge in [0.05, 0.1) is 0 Å². The second-order valence-corrected chi connectivity index (χ2v) is 23.7. The van der Waals surface area contributed by atoms with E-state index in [4.69, 9.17) is 13.3 Å². The molecule has 0 saturated heterocycles. The van der Waals surface area contributed by atoms with E-state index < -0.39 is 20.9 Å². The molecular formula is C11H28GeO3SSi. The van der Waals surface area contributed by atoms with Gasteiger partial charge < -0.3 is 0 Å². The molecule has 0 bridgehead atoms. The molecule has 0 aliphatic heterocycles. The summed E-state index contributed by atoms with van der Waals surface area (Å²) in [6, 6.07) is 0.925. The van der Waals surface area contributed by atoms with E-state index in [0.717, 1.165) is 11.8 Å². The molecule has 0 rings (SSSR count). The number of hydrogen-bond acceptors (Lipinski definition) is 4. The molecule has 0 radical (unpaired) electrons. The zero-order valence-corrected chi connectivity index (χ0v) is 16.1. The van der Waals surface area contributed by atoms with E-state index in [-0.39, 0.29) is 0 Å². The van der Waals surface area contributed by atoms with Crippen LogP contribution in [0.25, 0.3) is 0 Å².